The second kappa shape index (κ2) is 9.91. The van der Waals surface area contributed by atoms with Crippen molar-refractivity contribution in [3.63, 3.8) is 0 Å². The first kappa shape index (κ1) is 19.2. The molecule has 0 aliphatic rings. The highest BCUT2D eigenvalue weighted by Gasteiger charge is 2.30. The smallest absolute Gasteiger partial charge is 0.0173 e. The number of rotatable bonds is 9. The van der Waals surface area contributed by atoms with Crippen LogP contribution in [0.25, 0.3) is 0 Å². The molecule has 0 aliphatic carbocycles. The van der Waals surface area contributed by atoms with Crippen molar-refractivity contribution < 1.29 is 0 Å². The van der Waals surface area contributed by atoms with Gasteiger partial charge in [0.05, 0.1) is 0 Å². The Bertz CT molecular complexity index is 655. The van der Waals surface area contributed by atoms with Crippen LogP contribution in [0.3, 0.4) is 0 Å². The second-order valence-electron chi connectivity index (χ2n) is 7.12. The van der Waals surface area contributed by atoms with Crippen LogP contribution in [0, 0.1) is 5.41 Å². The van der Waals surface area contributed by atoms with Crippen LogP contribution >= 0.6 is 19.2 Å². The molecule has 0 fully saturated rings. The van der Waals surface area contributed by atoms with E-state index in [4.69, 9.17) is 11.2 Å². The van der Waals surface area contributed by atoms with Crippen LogP contribution < -0.4 is 0 Å². The van der Waals surface area contributed by atoms with Crippen LogP contribution in [0.2, 0.25) is 0 Å². The summed E-state index contributed by atoms with van der Waals surface area (Å²) >= 11 is 6.14. The highest BCUT2D eigenvalue weighted by atomic mass is 35.7. The summed E-state index contributed by atoms with van der Waals surface area (Å²) in [5.74, 6) is 0. The summed E-state index contributed by atoms with van der Waals surface area (Å²) in [6.07, 6.45) is 5.47. The fraction of sp³-hybridized carbons (Fsp3) is 0.250. The summed E-state index contributed by atoms with van der Waals surface area (Å²) in [5.41, 5.74) is 4.43. The van der Waals surface area contributed by atoms with Crippen LogP contribution in [0.5, 0.6) is 0 Å². The fourth-order valence-electron chi connectivity index (χ4n) is 3.85. The summed E-state index contributed by atoms with van der Waals surface area (Å²) in [6, 6.07) is 32.7. The zero-order chi connectivity index (χ0) is 18.1. The molecule has 26 heavy (non-hydrogen) atoms. The van der Waals surface area contributed by atoms with Crippen molar-refractivity contribution in [2.45, 2.75) is 25.7 Å². The average Bonchev–Trinajstić information content (AvgIpc) is 2.69. The number of halogens is 1. The molecule has 0 aliphatic heterocycles. The lowest BCUT2D eigenvalue weighted by Gasteiger charge is -2.35. The number of hydrogen-bond acceptors (Lipinski definition) is 0. The molecule has 1 unspecified atom stereocenters. The van der Waals surface area contributed by atoms with E-state index in [2.05, 4.69) is 91.0 Å². The molecule has 134 valence electrons. The Morgan fingerprint density at radius 3 is 1.23 bits per heavy atom. The van der Waals surface area contributed by atoms with Crippen LogP contribution in [-0.2, 0) is 19.3 Å². The van der Waals surface area contributed by atoms with E-state index in [9.17, 15) is 0 Å². The SMILES string of the molecule is ClPCCC(Cc1ccccc1)(Cc1ccccc1)Cc1ccccc1. The lowest BCUT2D eigenvalue weighted by atomic mass is 9.70. The van der Waals surface area contributed by atoms with Gasteiger partial charge in [-0.2, -0.15) is 0 Å². The quantitative estimate of drug-likeness (QED) is 0.353. The molecule has 0 nitrogen and oxygen atoms in total. The topological polar surface area (TPSA) is 0 Å². The molecule has 0 amide bonds. The third kappa shape index (κ3) is 5.70. The minimum atomic E-state index is 0.186. The Balaban J connectivity index is 1.94. The Hall–Kier alpha value is -1.62. The van der Waals surface area contributed by atoms with Crippen LogP contribution in [0.4, 0.5) is 0 Å². The predicted octanol–water partition coefficient (Wildman–Crippen LogP) is 6.92. The van der Waals surface area contributed by atoms with E-state index >= 15 is 0 Å². The highest BCUT2D eigenvalue weighted by molar-refractivity contribution is 7.68. The first-order valence-electron chi connectivity index (χ1n) is 9.25. The van der Waals surface area contributed by atoms with Crippen molar-refractivity contribution in [2.75, 3.05) is 6.16 Å². The van der Waals surface area contributed by atoms with Gasteiger partial charge in [0.25, 0.3) is 0 Å². The van der Waals surface area contributed by atoms with Gasteiger partial charge in [-0.3, -0.25) is 0 Å². The molecule has 3 aromatic rings. The molecule has 0 saturated carbocycles. The van der Waals surface area contributed by atoms with Gasteiger partial charge >= 0.3 is 0 Å². The molecule has 1 atom stereocenters. The van der Waals surface area contributed by atoms with Crippen molar-refractivity contribution in [3.05, 3.63) is 108 Å². The van der Waals surface area contributed by atoms with Gasteiger partial charge in [0.2, 0.25) is 0 Å². The third-order valence-corrected chi connectivity index (χ3v) is 6.02. The number of benzene rings is 3. The van der Waals surface area contributed by atoms with Gasteiger partial charge in [-0.25, -0.2) is 0 Å². The largest absolute Gasteiger partial charge is 0.100 e. The van der Waals surface area contributed by atoms with E-state index in [1.165, 1.54) is 16.7 Å². The molecular weight excluding hydrogens is 355 g/mol. The fourth-order valence-corrected chi connectivity index (χ4v) is 4.76. The maximum atomic E-state index is 6.14. The van der Waals surface area contributed by atoms with Crippen molar-refractivity contribution in [1.82, 2.24) is 0 Å². The molecule has 0 heterocycles. The van der Waals surface area contributed by atoms with Crippen molar-refractivity contribution >= 4 is 19.2 Å². The summed E-state index contributed by atoms with van der Waals surface area (Å²) < 4.78 is 0. The minimum Gasteiger partial charge on any atom is -0.100 e. The lowest BCUT2D eigenvalue weighted by molar-refractivity contribution is 0.268. The molecule has 3 aromatic carbocycles. The molecule has 0 N–H and O–H groups in total. The molecule has 0 bridgehead atoms. The predicted molar refractivity (Wildman–Crippen MR) is 117 cm³/mol. The van der Waals surface area contributed by atoms with Gasteiger partial charge in [-0.05, 0) is 61.9 Å². The Kier molecular flexibility index (Phi) is 7.30. The standard InChI is InChI=1S/C24H26ClP/c25-26-17-16-24(18-21-10-4-1-5-11-21,19-22-12-6-2-7-13-22)20-23-14-8-3-9-15-23/h1-15,26H,16-20H2. The summed E-state index contributed by atoms with van der Waals surface area (Å²) in [5, 5.41) is 0. The van der Waals surface area contributed by atoms with Gasteiger partial charge in [-0.1, -0.05) is 91.0 Å². The van der Waals surface area contributed by atoms with E-state index in [0.29, 0.717) is 7.93 Å². The van der Waals surface area contributed by atoms with Gasteiger partial charge in [0.1, 0.15) is 0 Å². The Morgan fingerprint density at radius 1 is 0.577 bits per heavy atom. The van der Waals surface area contributed by atoms with Crippen LogP contribution in [-0.4, -0.2) is 6.16 Å². The lowest BCUT2D eigenvalue weighted by Crippen LogP contribution is -2.30. The molecular formula is C24H26ClP. The van der Waals surface area contributed by atoms with Crippen molar-refractivity contribution in [3.8, 4) is 0 Å². The molecule has 2 heteroatoms. The Labute approximate surface area is 164 Å². The summed E-state index contributed by atoms with van der Waals surface area (Å²) in [4.78, 5) is 0. The normalized spacial score (nSPS) is 11.9. The van der Waals surface area contributed by atoms with Gasteiger partial charge in [0, 0.05) is 0 Å². The molecule has 0 radical (unpaired) electrons. The van der Waals surface area contributed by atoms with E-state index < -0.39 is 0 Å². The van der Waals surface area contributed by atoms with Gasteiger partial charge in [0.15, 0.2) is 0 Å². The van der Waals surface area contributed by atoms with Gasteiger partial charge < -0.3 is 0 Å². The maximum Gasteiger partial charge on any atom is -0.0173 e. The van der Waals surface area contributed by atoms with Gasteiger partial charge in [-0.15, -0.1) is 11.2 Å². The third-order valence-electron chi connectivity index (χ3n) is 5.02. The zero-order valence-electron chi connectivity index (χ0n) is 15.1. The van der Waals surface area contributed by atoms with Crippen LogP contribution in [0.15, 0.2) is 91.0 Å². The van der Waals surface area contributed by atoms with E-state index in [1.807, 2.05) is 0 Å². The highest BCUT2D eigenvalue weighted by Crippen LogP contribution is 2.38. The summed E-state index contributed by atoms with van der Waals surface area (Å²) in [7, 11) is 0.486. The second-order valence-corrected chi connectivity index (χ2v) is 8.69. The number of hydrogen-bond donors (Lipinski definition) is 0. The minimum absolute atomic E-state index is 0.186. The van der Waals surface area contributed by atoms with Crippen molar-refractivity contribution in [2.24, 2.45) is 5.41 Å². The van der Waals surface area contributed by atoms with E-state index in [-0.39, 0.29) is 5.41 Å². The van der Waals surface area contributed by atoms with Crippen molar-refractivity contribution in [1.29, 1.82) is 0 Å². The molecule has 0 aromatic heterocycles. The first-order valence-corrected chi connectivity index (χ1v) is 11.5. The van der Waals surface area contributed by atoms with E-state index in [0.717, 1.165) is 31.8 Å². The summed E-state index contributed by atoms with van der Waals surface area (Å²) in [6.45, 7) is 0. The average molecular weight is 381 g/mol. The molecule has 0 saturated heterocycles. The molecule has 0 spiro atoms. The van der Waals surface area contributed by atoms with E-state index in [1.54, 1.807) is 0 Å². The Morgan fingerprint density at radius 2 is 0.923 bits per heavy atom. The zero-order valence-corrected chi connectivity index (χ0v) is 16.8. The molecule has 3 rings (SSSR count). The van der Waals surface area contributed by atoms with Crippen LogP contribution in [0.1, 0.15) is 23.1 Å². The maximum absolute atomic E-state index is 6.14. The first-order chi connectivity index (χ1) is 12.8. The monoisotopic (exact) mass is 380 g/mol.